The van der Waals surface area contributed by atoms with Crippen LogP contribution in [0.1, 0.15) is 0 Å². The van der Waals surface area contributed by atoms with Gasteiger partial charge in [-0.15, -0.1) is 0 Å². The summed E-state index contributed by atoms with van der Waals surface area (Å²) in [7, 11) is 0. The van der Waals surface area contributed by atoms with Gasteiger partial charge in [0.15, 0.2) is 5.82 Å². The van der Waals surface area contributed by atoms with Crippen molar-refractivity contribution in [3.63, 3.8) is 0 Å². The predicted octanol–water partition coefficient (Wildman–Crippen LogP) is 5.23. The molecule has 0 aliphatic rings. The van der Waals surface area contributed by atoms with Crippen LogP contribution in [0.3, 0.4) is 0 Å². The summed E-state index contributed by atoms with van der Waals surface area (Å²) >= 11 is 0. The molecule has 0 saturated carbocycles. The fraction of sp³-hybridized carbons (Fsp3) is 0. The fourth-order valence-electron chi connectivity index (χ4n) is 2.49. The number of hydrogen-bond donors (Lipinski definition) is 0. The highest BCUT2D eigenvalue weighted by Gasteiger charge is 2.13. The standard InChI is InChI=1S/C20H13FN2O/c21-17-12-6-4-10-15(17)19-22-18-13-7-5-11-16(18)20(23-19)24-14-8-2-1-3-9-14/h1-13H. The first-order valence-electron chi connectivity index (χ1n) is 7.56. The maximum absolute atomic E-state index is 14.1. The van der Waals surface area contributed by atoms with Crippen LogP contribution in [-0.2, 0) is 0 Å². The molecule has 0 aliphatic carbocycles. The molecule has 1 heterocycles. The number of fused-ring (bicyclic) bond motifs is 1. The number of hydrogen-bond acceptors (Lipinski definition) is 3. The number of halogens is 1. The Labute approximate surface area is 138 Å². The van der Waals surface area contributed by atoms with Gasteiger partial charge in [0.1, 0.15) is 11.6 Å². The van der Waals surface area contributed by atoms with Gasteiger partial charge in [0.2, 0.25) is 5.88 Å². The maximum Gasteiger partial charge on any atom is 0.230 e. The molecule has 24 heavy (non-hydrogen) atoms. The number of nitrogens with zero attached hydrogens (tertiary/aromatic N) is 2. The smallest absolute Gasteiger partial charge is 0.230 e. The Morgan fingerprint density at radius 1 is 0.708 bits per heavy atom. The average molecular weight is 316 g/mol. The molecule has 0 amide bonds. The molecule has 4 aromatic rings. The highest BCUT2D eigenvalue weighted by molar-refractivity contribution is 5.85. The summed E-state index contributed by atoms with van der Waals surface area (Å²) in [6, 6.07) is 23.4. The second-order valence-corrected chi connectivity index (χ2v) is 5.26. The Bertz CT molecular complexity index is 1000. The van der Waals surface area contributed by atoms with E-state index in [9.17, 15) is 4.39 Å². The van der Waals surface area contributed by atoms with Crippen molar-refractivity contribution in [2.75, 3.05) is 0 Å². The van der Waals surface area contributed by atoms with Crippen LogP contribution in [0.5, 0.6) is 11.6 Å². The monoisotopic (exact) mass is 316 g/mol. The fourth-order valence-corrected chi connectivity index (χ4v) is 2.49. The quantitative estimate of drug-likeness (QED) is 0.519. The molecule has 0 fully saturated rings. The van der Waals surface area contributed by atoms with Crippen LogP contribution < -0.4 is 4.74 Å². The van der Waals surface area contributed by atoms with Crippen molar-refractivity contribution in [1.82, 2.24) is 9.97 Å². The maximum atomic E-state index is 14.1. The van der Waals surface area contributed by atoms with E-state index in [0.717, 1.165) is 5.39 Å². The Morgan fingerprint density at radius 2 is 1.42 bits per heavy atom. The molecule has 3 aromatic carbocycles. The van der Waals surface area contributed by atoms with E-state index in [4.69, 9.17) is 4.74 Å². The first-order valence-corrected chi connectivity index (χ1v) is 7.56. The van der Waals surface area contributed by atoms with Gasteiger partial charge >= 0.3 is 0 Å². The summed E-state index contributed by atoms with van der Waals surface area (Å²) in [5, 5.41) is 0.779. The zero-order valence-corrected chi connectivity index (χ0v) is 12.7. The van der Waals surface area contributed by atoms with Gasteiger partial charge in [-0.1, -0.05) is 42.5 Å². The van der Waals surface area contributed by atoms with Crippen molar-refractivity contribution in [2.45, 2.75) is 0 Å². The van der Waals surface area contributed by atoms with E-state index in [-0.39, 0.29) is 5.82 Å². The number of ether oxygens (including phenoxy) is 1. The first kappa shape index (κ1) is 14.3. The SMILES string of the molecule is Fc1ccccc1-c1nc(Oc2ccccc2)c2ccccc2n1. The van der Waals surface area contributed by atoms with Crippen LogP contribution in [0.2, 0.25) is 0 Å². The highest BCUT2D eigenvalue weighted by atomic mass is 19.1. The van der Waals surface area contributed by atoms with E-state index in [0.29, 0.717) is 28.5 Å². The van der Waals surface area contributed by atoms with E-state index < -0.39 is 0 Å². The van der Waals surface area contributed by atoms with E-state index in [1.807, 2.05) is 54.6 Å². The van der Waals surface area contributed by atoms with Crippen LogP contribution in [0.4, 0.5) is 4.39 Å². The number of rotatable bonds is 3. The molecule has 0 N–H and O–H groups in total. The van der Waals surface area contributed by atoms with Crippen molar-refractivity contribution < 1.29 is 9.13 Å². The molecule has 3 nitrogen and oxygen atoms in total. The third-order valence-electron chi connectivity index (χ3n) is 3.64. The van der Waals surface area contributed by atoms with Gasteiger partial charge in [0.05, 0.1) is 16.5 Å². The van der Waals surface area contributed by atoms with Gasteiger partial charge in [-0.3, -0.25) is 0 Å². The number of aromatic nitrogens is 2. The molecule has 1 aromatic heterocycles. The Balaban J connectivity index is 1.90. The lowest BCUT2D eigenvalue weighted by atomic mass is 10.2. The molecule has 0 spiro atoms. The van der Waals surface area contributed by atoms with Crippen molar-refractivity contribution in [3.8, 4) is 23.0 Å². The van der Waals surface area contributed by atoms with Gasteiger partial charge in [-0.25, -0.2) is 9.37 Å². The number of para-hydroxylation sites is 2. The molecule has 0 bridgehead atoms. The topological polar surface area (TPSA) is 35.0 Å². The minimum atomic E-state index is -0.363. The summed E-state index contributed by atoms with van der Waals surface area (Å²) in [5.74, 6) is 1.02. The van der Waals surface area contributed by atoms with E-state index in [2.05, 4.69) is 9.97 Å². The lowest BCUT2D eigenvalue weighted by Gasteiger charge is -2.10. The lowest BCUT2D eigenvalue weighted by molar-refractivity contribution is 0.469. The molecule has 4 heteroatoms. The van der Waals surface area contributed by atoms with Crippen molar-refractivity contribution in [2.24, 2.45) is 0 Å². The molecule has 0 radical (unpaired) electrons. The third kappa shape index (κ3) is 2.70. The van der Waals surface area contributed by atoms with Crippen LogP contribution in [0.25, 0.3) is 22.3 Å². The van der Waals surface area contributed by atoms with Crippen LogP contribution in [-0.4, -0.2) is 9.97 Å². The lowest BCUT2D eigenvalue weighted by Crippen LogP contribution is -1.97. The molecule has 0 aliphatic heterocycles. The van der Waals surface area contributed by atoms with Crippen LogP contribution in [0, 0.1) is 5.82 Å². The van der Waals surface area contributed by atoms with E-state index in [1.54, 1.807) is 18.2 Å². The minimum Gasteiger partial charge on any atom is -0.438 e. The first-order chi connectivity index (χ1) is 11.8. The Hall–Kier alpha value is -3.27. The van der Waals surface area contributed by atoms with Crippen molar-refractivity contribution >= 4 is 10.9 Å². The molecule has 116 valence electrons. The molecular weight excluding hydrogens is 303 g/mol. The van der Waals surface area contributed by atoms with Gasteiger partial charge in [-0.05, 0) is 36.4 Å². The van der Waals surface area contributed by atoms with Crippen molar-refractivity contribution in [1.29, 1.82) is 0 Å². The zero-order chi connectivity index (χ0) is 16.4. The zero-order valence-electron chi connectivity index (χ0n) is 12.7. The van der Waals surface area contributed by atoms with Gasteiger partial charge in [0.25, 0.3) is 0 Å². The third-order valence-corrected chi connectivity index (χ3v) is 3.64. The molecular formula is C20H13FN2O. The Morgan fingerprint density at radius 3 is 2.25 bits per heavy atom. The highest BCUT2D eigenvalue weighted by Crippen LogP contribution is 2.30. The van der Waals surface area contributed by atoms with Crippen LogP contribution in [0.15, 0.2) is 78.9 Å². The van der Waals surface area contributed by atoms with Crippen LogP contribution >= 0.6 is 0 Å². The molecule has 0 atom stereocenters. The number of benzene rings is 3. The molecule has 4 rings (SSSR count). The molecule has 0 unspecified atom stereocenters. The van der Waals surface area contributed by atoms with Crippen molar-refractivity contribution in [3.05, 3.63) is 84.7 Å². The Kier molecular flexibility index (Phi) is 3.63. The minimum absolute atomic E-state index is 0.303. The normalized spacial score (nSPS) is 10.7. The second-order valence-electron chi connectivity index (χ2n) is 5.26. The summed E-state index contributed by atoms with van der Waals surface area (Å²) in [6.45, 7) is 0. The predicted molar refractivity (Wildman–Crippen MR) is 91.4 cm³/mol. The van der Waals surface area contributed by atoms with Gasteiger partial charge in [-0.2, -0.15) is 4.98 Å². The summed E-state index contributed by atoms with van der Waals surface area (Å²) in [6.07, 6.45) is 0. The largest absolute Gasteiger partial charge is 0.438 e. The average Bonchev–Trinajstić information content (AvgIpc) is 2.63. The van der Waals surface area contributed by atoms with E-state index >= 15 is 0 Å². The molecule has 0 saturated heterocycles. The summed E-state index contributed by atoms with van der Waals surface area (Å²) in [4.78, 5) is 8.93. The van der Waals surface area contributed by atoms with E-state index in [1.165, 1.54) is 6.07 Å². The van der Waals surface area contributed by atoms with Gasteiger partial charge in [0, 0.05) is 0 Å². The summed E-state index contributed by atoms with van der Waals surface area (Å²) < 4.78 is 20.0. The second kappa shape index (κ2) is 6.08. The summed E-state index contributed by atoms with van der Waals surface area (Å²) in [5.41, 5.74) is 1.05. The van der Waals surface area contributed by atoms with Gasteiger partial charge < -0.3 is 4.74 Å².